The summed E-state index contributed by atoms with van der Waals surface area (Å²) in [7, 11) is 0. The Labute approximate surface area is 123 Å². The Morgan fingerprint density at radius 3 is 2.80 bits per heavy atom. The van der Waals surface area contributed by atoms with E-state index in [0.717, 1.165) is 0 Å². The molecule has 2 aromatic rings. The van der Waals surface area contributed by atoms with Gasteiger partial charge in [0.1, 0.15) is 5.82 Å². The van der Waals surface area contributed by atoms with Gasteiger partial charge in [-0.05, 0) is 29.8 Å². The van der Waals surface area contributed by atoms with E-state index in [4.69, 9.17) is 0 Å². The molecule has 0 aliphatic heterocycles. The molecule has 20 heavy (non-hydrogen) atoms. The molecular formula is C12H13BrN4O3. The van der Waals surface area contributed by atoms with Gasteiger partial charge >= 0.3 is 11.2 Å². The fourth-order valence-electron chi connectivity index (χ4n) is 1.92. The third-order valence-electron chi connectivity index (χ3n) is 2.85. The number of nitrogens with zero attached hydrogens (tertiary/aromatic N) is 4. The van der Waals surface area contributed by atoms with Crippen molar-refractivity contribution in [3.05, 3.63) is 55.4 Å². The smallest absolute Gasteiger partial charge is 0.331 e. The van der Waals surface area contributed by atoms with Crippen LogP contribution in [0.2, 0.25) is 0 Å². The van der Waals surface area contributed by atoms with Gasteiger partial charge in [-0.15, -0.1) is 0 Å². The van der Waals surface area contributed by atoms with Crippen molar-refractivity contribution < 1.29 is 4.92 Å². The molecule has 0 spiro atoms. The lowest BCUT2D eigenvalue weighted by Crippen LogP contribution is -2.24. The molecule has 0 aliphatic rings. The quantitative estimate of drug-likeness (QED) is 0.631. The van der Waals surface area contributed by atoms with E-state index in [9.17, 15) is 14.9 Å². The van der Waals surface area contributed by atoms with E-state index in [0.29, 0.717) is 10.3 Å². The molecule has 8 heteroatoms. The summed E-state index contributed by atoms with van der Waals surface area (Å²) in [4.78, 5) is 26.4. The number of imidazole rings is 1. The minimum absolute atomic E-state index is 0.185. The summed E-state index contributed by atoms with van der Waals surface area (Å²) >= 11 is 3.18. The van der Waals surface area contributed by atoms with Crippen LogP contribution in [0.3, 0.4) is 0 Å². The second kappa shape index (κ2) is 5.58. The van der Waals surface area contributed by atoms with Gasteiger partial charge in [-0.25, -0.2) is 4.98 Å². The standard InChI is InChI=1S/C12H13BrN4O3/c1-8(2)16-4-3-14-11(16)7-15-6-9(13)5-10(12(15)18)17(19)20/h3-6,8H,7H2,1-2H3. The first-order chi connectivity index (χ1) is 9.40. The maximum Gasteiger partial charge on any atom is 0.335 e. The molecule has 0 radical (unpaired) electrons. The Kier molecular flexibility index (Phi) is 4.03. The predicted molar refractivity (Wildman–Crippen MR) is 76.8 cm³/mol. The number of hydrogen-bond acceptors (Lipinski definition) is 4. The zero-order chi connectivity index (χ0) is 14.9. The molecular weight excluding hydrogens is 328 g/mol. The van der Waals surface area contributed by atoms with Crippen LogP contribution in [-0.4, -0.2) is 19.0 Å². The monoisotopic (exact) mass is 340 g/mol. The Balaban J connectivity index is 2.46. The lowest BCUT2D eigenvalue weighted by Gasteiger charge is -2.12. The highest BCUT2D eigenvalue weighted by Gasteiger charge is 2.17. The van der Waals surface area contributed by atoms with Crippen molar-refractivity contribution >= 4 is 21.6 Å². The second-order valence-electron chi connectivity index (χ2n) is 4.58. The van der Waals surface area contributed by atoms with E-state index >= 15 is 0 Å². The lowest BCUT2D eigenvalue weighted by atomic mass is 10.3. The zero-order valence-electron chi connectivity index (χ0n) is 11.0. The van der Waals surface area contributed by atoms with Crippen LogP contribution in [-0.2, 0) is 6.54 Å². The maximum absolute atomic E-state index is 12.0. The van der Waals surface area contributed by atoms with E-state index in [1.54, 1.807) is 6.20 Å². The van der Waals surface area contributed by atoms with E-state index < -0.39 is 16.2 Å². The van der Waals surface area contributed by atoms with Gasteiger partial charge in [-0.3, -0.25) is 14.9 Å². The van der Waals surface area contributed by atoms with Gasteiger partial charge in [0.05, 0.1) is 11.5 Å². The largest absolute Gasteiger partial charge is 0.335 e. The van der Waals surface area contributed by atoms with Crippen LogP contribution < -0.4 is 5.56 Å². The molecule has 0 saturated heterocycles. The first kappa shape index (κ1) is 14.4. The highest BCUT2D eigenvalue weighted by Crippen LogP contribution is 2.15. The number of rotatable bonds is 4. The van der Waals surface area contributed by atoms with Crippen molar-refractivity contribution in [2.45, 2.75) is 26.4 Å². The van der Waals surface area contributed by atoms with Crippen molar-refractivity contribution in [2.75, 3.05) is 0 Å². The van der Waals surface area contributed by atoms with Crippen LogP contribution in [0, 0.1) is 10.1 Å². The molecule has 0 fully saturated rings. The third kappa shape index (κ3) is 2.79. The van der Waals surface area contributed by atoms with E-state index in [1.807, 2.05) is 24.6 Å². The maximum atomic E-state index is 12.0. The van der Waals surface area contributed by atoms with Gasteiger partial charge < -0.3 is 9.13 Å². The first-order valence-electron chi connectivity index (χ1n) is 5.96. The third-order valence-corrected chi connectivity index (χ3v) is 3.28. The van der Waals surface area contributed by atoms with Crippen LogP contribution in [0.4, 0.5) is 5.69 Å². The van der Waals surface area contributed by atoms with Crippen molar-refractivity contribution in [3.63, 3.8) is 0 Å². The Hall–Kier alpha value is -1.96. The van der Waals surface area contributed by atoms with Gasteiger partial charge in [0.25, 0.3) is 0 Å². The van der Waals surface area contributed by atoms with Crippen molar-refractivity contribution in [1.29, 1.82) is 0 Å². The summed E-state index contributed by atoms with van der Waals surface area (Å²) in [5, 5.41) is 10.9. The Bertz CT molecular complexity index is 705. The van der Waals surface area contributed by atoms with Gasteiger partial charge in [-0.2, -0.15) is 0 Å². The number of nitro groups is 1. The van der Waals surface area contributed by atoms with E-state index in [1.165, 1.54) is 16.8 Å². The minimum atomic E-state index is -0.682. The second-order valence-corrected chi connectivity index (χ2v) is 5.49. The normalized spacial score (nSPS) is 11.0. The molecule has 0 amide bonds. The molecule has 0 atom stereocenters. The van der Waals surface area contributed by atoms with E-state index in [-0.39, 0.29) is 12.6 Å². The molecule has 0 N–H and O–H groups in total. The molecule has 0 bridgehead atoms. The topological polar surface area (TPSA) is 83.0 Å². The minimum Gasteiger partial charge on any atom is -0.331 e. The Morgan fingerprint density at radius 1 is 1.50 bits per heavy atom. The van der Waals surface area contributed by atoms with Crippen molar-refractivity contribution in [2.24, 2.45) is 0 Å². The fraction of sp³-hybridized carbons (Fsp3) is 0.333. The van der Waals surface area contributed by atoms with Gasteiger partial charge in [0, 0.05) is 35.2 Å². The molecule has 2 heterocycles. The average molecular weight is 341 g/mol. The zero-order valence-corrected chi connectivity index (χ0v) is 12.6. The molecule has 2 rings (SSSR count). The summed E-state index contributed by atoms with van der Waals surface area (Å²) in [6, 6.07) is 1.40. The number of aromatic nitrogens is 3. The predicted octanol–water partition coefficient (Wildman–Crippen LogP) is 2.34. The fourth-order valence-corrected chi connectivity index (χ4v) is 2.39. The van der Waals surface area contributed by atoms with Crippen LogP contribution in [0.25, 0.3) is 0 Å². The highest BCUT2D eigenvalue weighted by atomic mass is 79.9. The van der Waals surface area contributed by atoms with E-state index in [2.05, 4.69) is 20.9 Å². The van der Waals surface area contributed by atoms with Crippen LogP contribution >= 0.6 is 15.9 Å². The number of pyridine rings is 1. The average Bonchev–Trinajstić information content (AvgIpc) is 2.81. The molecule has 0 saturated carbocycles. The van der Waals surface area contributed by atoms with Crippen LogP contribution in [0.5, 0.6) is 0 Å². The molecule has 0 aromatic carbocycles. The number of hydrogen-bond donors (Lipinski definition) is 0. The van der Waals surface area contributed by atoms with Gasteiger partial charge in [-0.1, -0.05) is 0 Å². The summed E-state index contributed by atoms with van der Waals surface area (Å²) in [6.07, 6.45) is 4.99. The SMILES string of the molecule is CC(C)n1ccnc1Cn1cc(Br)cc([N+](=O)[O-])c1=O. The summed E-state index contributed by atoms with van der Waals surface area (Å²) < 4.78 is 3.68. The van der Waals surface area contributed by atoms with Crippen molar-refractivity contribution in [3.8, 4) is 0 Å². The molecule has 106 valence electrons. The Morgan fingerprint density at radius 2 is 2.20 bits per heavy atom. The van der Waals surface area contributed by atoms with Gasteiger partial charge in [0.2, 0.25) is 0 Å². The first-order valence-corrected chi connectivity index (χ1v) is 6.75. The molecule has 2 aromatic heterocycles. The molecule has 0 aliphatic carbocycles. The summed E-state index contributed by atoms with van der Waals surface area (Å²) in [6.45, 7) is 4.18. The molecule has 0 unspecified atom stereocenters. The summed E-state index contributed by atoms with van der Waals surface area (Å²) in [5.41, 5.74) is -1.10. The van der Waals surface area contributed by atoms with Crippen LogP contribution in [0.15, 0.2) is 33.9 Å². The molecule has 7 nitrogen and oxygen atoms in total. The lowest BCUT2D eigenvalue weighted by molar-refractivity contribution is -0.386. The van der Waals surface area contributed by atoms with Crippen LogP contribution in [0.1, 0.15) is 25.7 Å². The summed E-state index contributed by atoms with van der Waals surface area (Å²) in [5.74, 6) is 0.675. The van der Waals surface area contributed by atoms with Gasteiger partial charge in [0.15, 0.2) is 0 Å². The highest BCUT2D eigenvalue weighted by molar-refractivity contribution is 9.10. The van der Waals surface area contributed by atoms with Crippen molar-refractivity contribution in [1.82, 2.24) is 14.1 Å². The number of halogens is 1.